The number of hydrogen-bond acceptors (Lipinski definition) is 3. The number of fused-ring (bicyclic) bond motifs is 2. The lowest BCUT2D eigenvalue weighted by molar-refractivity contribution is 0.141. The molecule has 2 aliphatic heterocycles. The van der Waals surface area contributed by atoms with Crippen LogP contribution in [0.1, 0.15) is 24.2 Å². The lowest BCUT2D eigenvalue weighted by Crippen LogP contribution is -2.46. The first-order valence-electron chi connectivity index (χ1n) is 10.8. The van der Waals surface area contributed by atoms with Crippen LogP contribution in [0.5, 0.6) is 5.75 Å². The van der Waals surface area contributed by atoms with Crippen molar-refractivity contribution in [3.05, 3.63) is 59.4 Å². The number of carbonyl (C=O) groups is 1. The summed E-state index contributed by atoms with van der Waals surface area (Å²) in [6.07, 6.45) is -1.14. The van der Waals surface area contributed by atoms with Crippen LogP contribution in [0.15, 0.2) is 48.1 Å². The standard InChI is InChI=1S/C24H24F2N4O2/c1-15-27-20-4-2-18(13-21(20)28-15)17-3-5-22-19(12-17)14-30(10-11-32-22)24(31)29-8-6-16(7-9-29)23(25)26/h2-5,12-13H,6-11,14H2,1H3,(H,27,28). The SMILES string of the molecule is Cc1nc2ccc(-c3ccc4c(c3)CN(C(=O)N3CCC(=C(F)F)CC3)CCO4)cc2[nH]1. The minimum Gasteiger partial charge on any atom is -0.491 e. The number of hydrogen-bond donors (Lipinski definition) is 1. The first kappa shape index (κ1) is 20.5. The number of aromatic amines is 1. The number of piperidine rings is 1. The smallest absolute Gasteiger partial charge is 0.320 e. The van der Waals surface area contributed by atoms with Gasteiger partial charge in [0.15, 0.2) is 0 Å². The molecule has 0 spiro atoms. The van der Waals surface area contributed by atoms with E-state index in [1.165, 1.54) is 0 Å². The van der Waals surface area contributed by atoms with Gasteiger partial charge in [-0.1, -0.05) is 12.1 Å². The van der Waals surface area contributed by atoms with Crippen LogP contribution >= 0.6 is 0 Å². The zero-order valence-electron chi connectivity index (χ0n) is 17.8. The molecule has 0 unspecified atom stereocenters. The quantitative estimate of drug-likeness (QED) is 0.575. The topological polar surface area (TPSA) is 61.5 Å². The molecule has 32 heavy (non-hydrogen) atoms. The van der Waals surface area contributed by atoms with Crippen LogP contribution in [0.3, 0.4) is 0 Å². The Kier molecular flexibility index (Phi) is 5.28. The summed E-state index contributed by atoms with van der Waals surface area (Å²) in [5.41, 5.74) is 5.07. The summed E-state index contributed by atoms with van der Waals surface area (Å²) in [5.74, 6) is 1.64. The van der Waals surface area contributed by atoms with Gasteiger partial charge >= 0.3 is 6.03 Å². The monoisotopic (exact) mass is 438 g/mol. The van der Waals surface area contributed by atoms with Crippen LogP contribution in [0.2, 0.25) is 0 Å². The summed E-state index contributed by atoms with van der Waals surface area (Å²) in [4.78, 5) is 24.2. The van der Waals surface area contributed by atoms with E-state index < -0.39 is 6.08 Å². The fourth-order valence-corrected chi connectivity index (χ4v) is 4.41. The molecule has 2 amide bonds. The second-order valence-corrected chi connectivity index (χ2v) is 8.28. The van der Waals surface area contributed by atoms with Crippen molar-refractivity contribution in [2.75, 3.05) is 26.2 Å². The fourth-order valence-electron chi connectivity index (χ4n) is 4.41. The Bertz CT molecular complexity index is 1210. The van der Waals surface area contributed by atoms with E-state index in [-0.39, 0.29) is 24.4 Å². The fraction of sp³-hybridized carbons (Fsp3) is 0.333. The molecule has 0 radical (unpaired) electrons. The van der Waals surface area contributed by atoms with Gasteiger partial charge in [0.2, 0.25) is 0 Å². The van der Waals surface area contributed by atoms with E-state index in [2.05, 4.69) is 22.1 Å². The lowest BCUT2D eigenvalue weighted by atomic mass is 10.0. The highest BCUT2D eigenvalue weighted by Crippen LogP contribution is 2.31. The molecule has 0 bridgehead atoms. The first-order chi connectivity index (χ1) is 15.5. The number of rotatable bonds is 1. The maximum Gasteiger partial charge on any atom is 0.320 e. The van der Waals surface area contributed by atoms with E-state index in [1.807, 2.05) is 31.2 Å². The number of nitrogens with zero attached hydrogens (tertiary/aromatic N) is 3. The van der Waals surface area contributed by atoms with E-state index in [0.29, 0.717) is 32.8 Å². The van der Waals surface area contributed by atoms with Gasteiger partial charge in [0.05, 0.1) is 24.1 Å². The van der Waals surface area contributed by atoms with Crippen molar-refractivity contribution in [2.24, 2.45) is 0 Å². The van der Waals surface area contributed by atoms with Gasteiger partial charge < -0.3 is 19.5 Å². The summed E-state index contributed by atoms with van der Waals surface area (Å²) in [5, 5.41) is 0. The number of aryl methyl sites for hydroxylation is 1. The lowest BCUT2D eigenvalue weighted by Gasteiger charge is -2.32. The summed E-state index contributed by atoms with van der Waals surface area (Å²) < 4.78 is 31.6. The number of imidazole rings is 1. The van der Waals surface area contributed by atoms with Crippen molar-refractivity contribution in [3.63, 3.8) is 0 Å². The van der Waals surface area contributed by atoms with Gasteiger partial charge in [-0.3, -0.25) is 0 Å². The Morgan fingerprint density at radius 2 is 1.78 bits per heavy atom. The Morgan fingerprint density at radius 1 is 1.03 bits per heavy atom. The summed E-state index contributed by atoms with van der Waals surface area (Å²) in [7, 11) is 0. The van der Waals surface area contributed by atoms with Gasteiger partial charge in [-0.2, -0.15) is 8.78 Å². The van der Waals surface area contributed by atoms with E-state index in [4.69, 9.17) is 4.74 Å². The molecule has 6 nitrogen and oxygen atoms in total. The normalized spacial score (nSPS) is 16.5. The van der Waals surface area contributed by atoms with Crippen LogP contribution < -0.4 is 4.74 Å². The third kappa shape index (κ3) is 3.92. The number of amides is 2. The third-order valence-electron chi connectivity index (χ3n) is 6.15. The molecular formula is C24H24F2N4O2. The number of aromatic nitrogens is 2. The predicted molar refractivity (Wildman–Crippen MR) is 118 cm³/mol. The molecule has 3 heterocycles. The van der Waals surface area contributed by atoms with E-state index in [1.54, 1.807) is 9.80 Å². The van der Waals surface area contributed by atoms with Crippen LogP contribution in [-0.4, -0.2) is 52.0 Å². The molecule has 2 aromatic carbocycles. The van der Waals surface area contributed by atoms with Gasteiger partial charge in [-0.15, -0.1) is 0 Å². The minimum absolute atomic E-state index is 0.125. The number of H-pyrrole nitrogens is 1. The van der Waals surface area contributed by atoms with Gasteiger partial charge in [0.25, 0.3) is 6.08 Å². The van der Waals surface area contributed by atoms with Crippen molar-refractivity contribution in [3.8, 4) is 16.9 Å². The molecule has 8 heteroatoms. The van der Waals surface area contributed by atoms with E-state index in [9.17, 15) is 13.6 Å². The number of likely N-dealkylation sites (tertiary alicyclic amines) is 1. The number of nitrogens with one attached hydrogen (secondary N) is 1. The molecule has 0 atom stereocenters. The van der Waals surface area contributed by atoms with Crippen LogP contribution in [-0.2, 0) is 6.54 Å². The highest BCUT2D eigenvalue weighted by Gasteiger charge is 2.27. The third-order valence-corrected chi connectivity index (χ3v) is 6.15. The second-order valence-electron chi connectivity index (χ2n) is 8.28. The maximum absolute atomic E-state index is 13.1. The molecular weight excluding hydrogens is 414 g/mol. The Labute approximate surface area is 184 Å². The Morgan fingerprint density at radius 3 is 2.56 bits per heavy atom. The number of carbonyl (C=O) groups excluding carboxylic acids is 1. The predicted octanol–water partition coefficient (Wildman–Crippen LogP) is 5.10. The highest BCUT2D eigenvalue weighted by atomic mass is 19.3. The summed E-state index contributed by atoms with van der Waals surface area (Å²) >= 11 is 0. The largest absolute Gasteiger partial charge is 0.491 e. The molecule has 1 N–H and O–H groups in total. The van der Waals surface area contributed by atoms with Gasteiger partial charge in [0.1, 0.15) is 18.2 Å². The zero-order chi connectivity index (χ0) is 22.2. The van der Waals surface area contributed by atoms with Crippen LogP contribution in [0.25, 0.3) is 22.2 Å². The second kappa shape index (κ2) is 8.26. The van der Waals surface area contributed by atoms with Crippen molar-refractivity contribution < 1.29 is 18.3 Å². The molecule has 0 aliphatic carbocycles. The van der Waals surface area contributed by atoms with Crippen molar-refractivity contribution >= 4 is 17.1 Å². The summed E-state index contributed by atoms with van der Waals surface area (Å²) in [6, 6.07) is 12.0. The van der Waals surface area contributed by atoms with Crippen molar-refractivity contribution in [2.45, 2.75) is 26.3 Å². The zero-order valence-corrected chi connectivity index (χ0v) is 17.8. The summed E-state index contributed by atoms with van der Waals surface area (Å²) in [6.45, 7) is 3.84. The highest BCUT2D eigenvalue weighted by molar-refractivity contribution is 5.82. The minimum atomic E-state index is -1.61. The number of urea groups is 1. The molecule has 0 saturated carbocycles. The van der Waals surface area contributed by atoms with Gasteiger partial charge in [-0.25, -0.2) is 9.78 Å². The Hall–Kier alpha value is -3.42. The Balaban J connectivity index is 1.37. The first-order valence-corrected chi connectivity index (χ1v) is 10.8. The van der Waals surface area contributed by atoms with Crippen LogP contribution in [0, 0.1) is 6.92 Å². The van der Waals surface area contributed by atoms with Crippen molar-refractivity contribution in [1.82, 2.24) is 19.8 Å². The molecule has 1 fully saturated rings. The molecule has 2 aliphatic rings. The number of ether oxygens (including phenoxy) is 1. The number of benzene rings is 2. The molecule has 1 aromatic heterocycles. The molecule has 5 rings (SSSR count). The molecule has 166 valence electrons. The van der Waals surface area contributed by atoms with Crippen LogP contribution in [0.4, 0.5) is 13.6 Å². The maximum atomic E-state index is 13.1. The van der Waals surface area contributed by atoms with Gasteiger partial charge in [0, 0.05) is 18.7 Å². The van der Waals surface area contributed by atoms with Crippen molar-refractivity contribution in [1.29, 1.82) is 0 Å². The van der Waals surface area contributed by atoms with E-state index >= 15 is 0 Å². The average molecular weight is 438 g/mol. The average Bonchev–Trinajstić information content (AvgIpc) is 3.04. The van der Waals surface area contributed by atoms with E-state index in [0.717, 1.165) is 39.3 Å². The number of halogens is 2. The molecule has 1 saturated heterocycles. The molecule has 3 aromatic rings. The van der Waals surface area contributed by atoms with Gasteiger partial charge in [-0.05, 0) is 60.7 Å².